The molecule has 0 bridgehead atoms. The van der Waals surface area contributed by atoms with Crippen LogP contribution in [0, 0.1) is 18.3 Å². The first kappa shape index (κ1) is 23.8. The predicted molar refractivity (Wildman–Crippen MR) is 133 cm³/mol. The topological polar surface area (TPSA) is 88.5 Å². The van der Waals surface area contributed by atoms with Crippen LogP contribution in [0.3, 0.4) is 0 Å². The highest BCUT2D eigenvalue weighted by Crippen LogP contribution is 2.29. The maximum absolute atomic E-state index is 13.2. The molecule has 2 heterocycles. The molecule has 2 N–H and O–H groups in total. The summed E-state index contributed by atoms with van der Waals surface area (Å²) in [5.74, 6) is 0.395. The zero-order chi connectivity index (χ0) is 23.9. The van der Waals surface area contributed by atoms with Gasteiger partial charge in [0.25, 0.3) is 5.91 Å². The molecule has 0 aromatic heterocycles. The first-order valence-electron chi connectivity index (χ1n) is 12.2. The van der Waals surface area contributed by atoms with E-state index in [0.717, 1.165) is 38.0 Å². The number of hydrogen-bond acceptors (Lipinski definition) is 4. The quantitative estimate of drug-likeness (QED) is 0.681. The number of rotatable bonds is 6. The van der Waals surface area contributed by atoms with Gasteiger partial charge in [0.1, 0.15) is 0 Å². The van der Waals surface area contributed by atoms with Crippen LogP contribution in [0.15, 0.2) is 42.5 Å². The van der Waals surface area contributed by atoms with Crippen LogP contribution in [0.4, 0.5) is 10.5 Å². The first-order valence-corrected chi connectivity index (χ1v) is 12.2. The summed E-state index contributed by atoms with van der Waals surface area (Å²) in [7, 11) is 0. The number of anilines is 1. The van der Waals surface area contributed by atoms with Crippen molar-refractivity contribution in [3.63, 3.8) is 0 Å². The molecule has 178 valence electrons. The molecule has 0 atom stereocenters. The van der Waals surface area contributed by atoms with Crippen LogP contribution < -0.4 is 10.6 Å². The number of nitriles is 1. The fourth-order valence-corrected chi connectivity index (χ4v) is 4.82. The van der Waals surface area contributed by atoms with Gasteiger partial charge >= 0.3 is 6.03 Å². The van der Waals surface area contributed by atoms with E-state index in [4.69, 9.17) is 5.26 Å². The Morgan fingerprint density at radius 2 is 1.74 bits per heavy atom. The summed E-state index contributed by atoms with van der Waals surface area (Å²) in [6.07, 6.45) is 4.26. The molecule has 0 saturated carbocycles. The highest BCUT2D eigenvalue weighted by molar-refractivity contribution is 5.97. The minimum absolute atomic E-state index is 0.00392. The smallest absolute Gasteiger partial charge is 0.319 e. The van der Waals surface area contributed by atoms with Crippen molar-refractivity contribution >= 4 is 17.6 Å². The number of likely N-dealkylation sites (tertiary alicyclic amines) is 2. The zero-order valence-corrected chi connectivity index (χ0v) is 19.8. The standard InChI is InChI=1S/C27H33N5O2/c1-20-4-7-24(18-25(20)30-27(34)29-12-17-31-13-2-3-14-31)26(33)32-15-10-23(11-16-32)22-8-5-21(19-28)6-9-22/h4-9,18,23H,2-3,10-17H2,1H3,(H2,29,30,34). The van der Waals surface area contributed by atoms with E-state index in [9.17, 15) is 9.59 Å². The number of piperidine rings is 1. The van der Waals surface area contributed by atoms with Gasteiger partial charge in [0.2, 0.25) is 0 Å². The third-order valence-electron chi connectivity index (χ3n) is 6.94. The second-order valence-corrected chi connectivity index (χ2v) is 9.26. The Balaban J connectivity index is 1.30. The predicted octanol–water partition coefficient (Wildman–Crippen LogP) is 4.10. The largest absolute Gasteiger partial charge is 0.339 e. The van der Waals surface area contributed by atoms with Gasteiger partial charge in [-0.05, 0) is 87.0 Å². The van der Waals surface area contributed by atoms with Crippen molar-refractivity contribution in [3.05, 3.63) is 64.7 Å². The number of amides is 3. The molecule has 2 aromatic rings. The van der Waals surface area contributed by atoms with Crippen LogP contribution in [-0.2, 0) is 0 Å². The minimum atomic E-state index is -0.241. The summed E-state index contributed by atoms with van der Waals surface area (Å²) in [6.45, 7) is 7.00. The lowest BCUT2D eigenvalue weighted by atomic mass is 9.89. The van der Waals surface area contributed by atoms with Gasteiger partial charge in [-0.2, -0.15) is 5.26 Å². The maximum Gasteiger partial charge on any atom is 0.319 e. The molecular weight excluding hydrogens is 426 g/mol. The summed E-state index contributed by atoms with van der Waals surface area (Å²) < 4.78 is 0. The van der Waals surface area contributed by atoms with Crippen LogP contribution >= 0.6 is 0 Å². The number of urea groups is 1. The number of nitrogens with one attached hydrogen (secondary N) is 2. The second-order valence-electron chi connectivity index (χ2n) is 9.26. The van der Waals surface area contributed by atoms with Crippen molar-refractivity contribution in [2.24, 2.45) is 0 Å². The van der Waals surface area contributed by atoms with Crippen molar-refractivity contribution in [2.75, 3.05) is 44.6 Å². The van der Waals surface area contributed by atoms with Crippen LogP contribution in [0.1, 0.15) is 58.6 Å². The van der Waals surface area contributed by atoms with Gasteiger partial charge in [0.15, 0.2) is 0 Å². The average Bonchev–Trinajstić information content (AvgIpc) is 3.39. The molecule has 2 aliphatic heterocycles. The summed E-state index contributed by atoms with van der Waals surface area (Å²) in [4.78, 5) is 29.8. The summed E-state index contributed by atoms with van der Waals surface area (Å²) >= 11 is 0. The molecule has 7 heteroatoms. The monoisotopic (exact) mass is 459 g/mol. The Labute approximate surface area is 201 Å². The third kappa shape index (κ3) is 5.95. The van der Waals surface area contributed by atoms with Crippen molar-refractivity contribution in [1.29, 1.82) is 5.26 Å². The van der Waals surface area contributed by atoms with Gasteiger partial charge in [-0.3, -0.25) is 4.79 Å². The lowest BCUT2D eigenvalue weighted by molar-refractivity contribution is 0.0713. The number of benzene rings is 2. The number of carbonyl (C=O) groups excluding carboxylic acids is 2. The molecule has 4 rings (SSSR count). The molecule has 0 spiro atoms. The Hall–Kier alpha value is -3.37. The Bertz CT molecular complexity index is 1050. The van der Waals surface area contributed by atoms with E-state index in [2.05, 4.69) is 21.6 Å². The van der Waals surface area contributed by atoms with E-state index in [1.165, 1.54) is 18.4 Å². The van der Waals surface area contributed by atoms with E-state index in [0.29, 0.717) is 42.4 Å². The molecule has 0 aliphatic carbocycles. The van der Waals surface area contributed by atoms with E-state index >= 15 is 0 Å². The summed E-state index contributed by atoms with van der Waals surface area (Å²) in [5, 5.41) is 14.8. The second kappa shape index (κ2) is 11.2. The number of nitrogens with zero attached hydrogens (tertiary/aromatic N) is 3. The van der Waals surface area contributed by atoms with Crippen LogP contribution in [0.25, 0.3) is 0 Å². The fourth-order valence-electron chi connectivity index (χ4n) is 4.82. The van der Waals surface area contributed by atoms with Crippen molar-refractivity contribution in [3.8, 4) is 6.07 Å². The Morgan fingerprint density at radius 3 is 2.41 bits per heavy atom. The zero-order valence-electron chi connectivity index (χ0n) is 19.8. The molecule has 2 aliphatic rings. The van der Waals surface area contributed by atoms with Gasteiger partial charge in [-0.15, -0.1) is 0 Å². The Morgan fingerprint density at radius 1 is 1.03 bits per heavy atom. The minimum Gasteiger partial charge on any atom is -0.339 e. The van der Waals surface area contributed by atoms with E-state index < -0.39 is 0 Å². The molecule has 0 radical (unpaired) electrons. The van der Waals surface area contributed by atoms with Gasteiger partial charge < -0.3 is 20.4 Å². The van der Waals surface area contributed by atoms with Crippen molar-refractivity contribution < 1.29 is 9.59 Å². The number of aryl methyl sites for hydroxylation is 1. The average molecular weight is 460 g/mol. The van der Waals surface area contributed by atoms with Crippen molar-refractivity contribution in [2.45, 2.75) is 38.5 Å². The van der Waals surface area contributed by atoms with Gasteiger partial charge in [-0.1, -0.05) is 18.2 Å². The summed E-state index contributed by atoms with van der Waals surface area (Å²) in [5.41, 5.74) is 4.07. The molecular formula is C27H33N5O2. The van der Waals surface area contributed by atoms with Gasteiger partial charge in [-0.25, -0.2) is 4.79 Å². The highest BCUT2D eigenvalue weighted by atomic mass is 16.2. The highest BCUT2D eigenvalue weighted by Gasteiger charge is 2.25. The third-order valence-corrected chi connectivity index (χ3v) is 6.94. The molecule has 0 unspecified atom stereocenters. The molecule has 2 fully saturated rings. The number of carbonyl (C=O) groups is 2. The fraction of sp³-hybridized carbons (Fsp3) is 0.444. The van der Waals surface area contributed by atoms with E-state index in [1.54, 1.807) is 6.07 Å². The molecule has 3 amide bonds. The van der Waals surface area contributed by atoms with E-state index in [1.807, 2.05) is 48.2 Å². The molecule has 7 nitrogen and oxygen atoms in total. The molecule has 2 aromatic carbocycles. The first-order chi connectivity index (χ1) is 16.5. The lowest BCUT2D eigenvalue weighted by Gasteiger charge is -2.32. The maximum atomic E-state index is 13.2. The SMILES string of the molecule is Cc1ccc(C(=O)N2CCC(c3ccc(C#N)cc3)CC2)cc1NC(=O)NCCN1CCCC1. The summed E-state index contributed by atoms with van der Waals surface area (Å²) in [6, 6.07) is 15.2. The van der Waals surface area contributed by atoms with Crippen LogP contribution in [-0.4, -0.2) is 61.0 Å². The normalized spacial score (nSPS) is 16.8. The van der Waals surface area contributed by atoms with Crippen LogP contribution in [0.5, 0.6) is 0 Å². The lowest BCUT2D eigenvalue weighted by Crippen LogP contribution is -2.38. The van der Waals surface area contributed by atoms with Crippen LogP contribution in [0.2, 0.25) is 0 Å². The number of hydrogen-bond donors (Lipinski definition) is 2. The van der Waals surface area contributed by atoms with Crippen molar-refractivity contribution in [1.82, 2.24) is 15.1 Å². The molecule has 2 saturated heterocycles. The Kier molecular flexibility index (Phi) is 7.81. The van der Waals surface area contributed by atoms with Gasteiger partial charge in [0.05, 0.1) is 11.6 Å². The van der Waals surface area contributed by atoms with Gasteiger partial charge in [0, 0.05) is 37.4 Å². The molecule has 34 heavy (non-hydrogen) atoms. The van der Waals surface area contributed by atoms with E-state index in [-0.39, 0.29) is 11.9 Å².